The quantitative estimate of drug-likeness (QED) is 0.221. The van der Waals surface area contributed by atoms with Crippen LogP contribution in [0.5, 0.6) is 0 Å². The summed E-state index contributed by atoms with van der Waals surface area (Å²) in [6, 6.07) is -2.19. The topological polar surface area (TPSA) is 13.1 Å². The van der Waals surface area contributed by atoms with Crippen molar-refractivity contribution in [1.29, 1.82) is 0 Å². The van der Waals surface area contributed by atoms with Gasteiger partial charge in [0.25, 0.3) is 0 Å². The minimum Gasteiger partial charge on any atom is -0.456 e. The Morgan fingerprint density at radius 2 is 0.919 bits per heavy atom. The summed E-state index contributed by atoms with van der Waals surface area (Å²) in [5.41, 5.74) is -0.822. The molecule has 0 saturated carbocycles. The van der Waals surface area contributed by atoms with Crippen molar-refractivity contribution in [3.05, 3.63) is 133 Å². The van der Waals surface area contributed by atoms with Crippen LogP contribution in [-0.4, -0.2) is 0 Å². The van der Waals surface area contributed by atoms with Gasteiger partial charge in [-0.1, -0.05) is 121 Å². The maximum atomic E-state index is 9.27. The predicted octanol–water partition coefficient (Wildman–Crippen LogP) is 10.4. The molecule has 8 aromatic rings. The number of hydrogen-bond donors (Lipinski definition) is 0. The Balaban J connectivity index is 1.72. The van der Waals surface area contributed by atoms with Crippen LogP contribution < -0.4 is 0 Å². The fourth-order valence-electron chi connectivity index (χ4n) is 5.03. The molecule has 0 N–H and O–H groups in total. The van der Waals surface area contributed by atoms with Crippen LogP contribution in [0.15, 0.2) is 137 Å². The Morgan fingerprint density at radius 3 is 1.68 bits per heavy atom. The van der Waals surface area contributed by atoms with Crippen LogP contribution in [0.3, 0.4) is 0 Å². The first-order valence-electron chi connectivity index (χ1n) is 19.8. The molecular weight excluding hydrogens is 448 g/mol. The molecule has 8 rings (SSSR count). The highest BCUT2D eigenvalue weighted by Gasteiger charge is 2.20. The van der Waals surface area contributed by atoms with E-state index >= 15 is 0 Å². The number of benzene rings is 7. The normalized spacial score (nSPS) is 18.2. The largest absolute Gasteiger partial charge is 0.456 e. The van der Waals surface area contributed by atoms with Gasteiger partial charge in [0, 0.05) is 10.8 Å². The van der Waals surface area contributed by atoms with Gasteiger partial charge >= 0.3 is 0 Å². The molecule has 0 aliphatic heterocycles. The molecule has 1 heteroatoms. The van der Waals surface area contributed by atoms with Gasteiger partial charge in [-0.2, -0.15) is 0 Å². The molecule has 0 radical (unpaired) electrons. The first-order valence-corrected chi connectivity index (χ1v) is 11.3. The van der Waals surface area contributed by atoms with Gasteiger partial charge in [-0.25, -0.2) is 0 Å². The number of hydrogen-bond acceptors (Lipinski definition) is 1. The lowest BCUT2D eigenvalue weighted by Crippen LogP contribution is -1.92. The number of para-hydroxylation sites is 1. The molecule has 0 atom stereocenters. The number of rotatable bonds is 2. The Kier molecular flexibility index (Phi) is 2.09. The Hall–Kier alpha value is -4.88. The molecule has 1 nitrogen and oxygen atoms in total. The van der Waals surface area contributed by atoms with Crippen LogP contribution in [0.1, 0.15) is 23.3 Å². The van der Waals surface area contributed by atoms with Gasteiger partial charge in [-0.15, -0.1) is 0 Å². The van der Waals surface area contributed by atoms with E-state index in [1.54, 1.807) is 0 Å². The molecule has 0 amide bonds. The number of fused-ring (bicyclic) bond motifs is 6. The molecule has 172 valence electrons. The summed E-state index contributed by atoms with van der Waals surface area (Å²) in [5.74, 6) is 0. The van der Waals surface area contributed by atoms with Crippen LogP contribution >= 0.6 is 0 Å². The van der Waals surface area contributed by atoms with Gasteiger partial charge in [-0.3, -0.25) is 0 Å². The Morgan fingerprint density at radius 1 is 0.405 bits per heavy atom. The third-order valence-corrected chi connectivity index (χ3v) is 6.53. The second-order valence-corrected chi connectivity index (χ2v) is 8.40. The highest BCUT2D eigenvalue weighted by molar-refractivity contribution is 6.26. The molecule has 7 aromatic carbocycles. The van der Waals surface area contributed by atoms with Gasteiger partial charge in [-0.05, 0) is 66.7 Å². The highest BCUT2D eigenvalue weighted by Crippen LogP contribution is 2.47. The van der Waals surface area contributed by atoms with Crippen molar-refractivity contribution < 1.29 is 27.7 Å². The molecular formula is C36H22O. The van der Waals surface area contributed by atoms with Crippen molar-refractivity contribution in [3.8, 4) is 22.3 Å². The zero-order valence-corrected chi connectivity index (χ0v) is 18.8. The van der Waals surface area contributed by atoms with Crippen molar-refractivity contribution in [2.45, 2.75) is 0 Å². The minimum atomic E-state index is -0.634. The van der Waals surface area contributed by atoms with E-state index in [1.807, 2.05) is 0 Å². The lowest BCUT2D eigenvalue weighted by Gasteiger charge is -2.19. The van der Waals surface area contributed by atoms with Crippen molar-refractivity contribution >= 4 is 54.3 Å². The van der Waals surface area contributed by atoms with Crippen LogP contribution in [0.25, 0.3) is 76.5 Å². The minimum absolute atomic E-state index is 0.0160. The molecule has 37 heavy (non-hydrogen) atoms. The first kappa shape index (κ1) is 9.88. The third-order valence-electron chi connectivity index (χ3n) is 6.53. The zero-order chi connectivity index (χ0) is 39.1. The van der Waals surface area contributed by atoms with Crippen molar-refractivity contribution in [1.82, 2.24) is 0 Å². The summed E-state index contributed by atoms with van der Waals surface area (Å²) >= 11 is 0. The van der Waals surface area contributed by atoms with E-state index in [9.17, 15) is 1.37 Å². The van der Waals surface area contributed by atoms with E-state index in [4.69, 9.17) is 26.3 Å². The van der Waals surface area contributed by atoms with E-state index in [0.29, 0.717) is 0 Å². The van der Waals surface area contributed by atoms with Crippen LogP contribution in [0.2, 0.25) is 0 Å². The maximum absolute atomic E-state index is 9.27. The average molecular weight is 488 g/mol. The Labute approximate surface area is 238 Å². The van der Waals surface area contributed by atoms with E-state index in [-0.39, 0.29) is 101 Å². The third kappa shape index (κ3) is 2.92. The molecule has 1 heterocycles. The predicted molar refractivity (Wildman–Crippen MR) is 157 cm³/mol. The monoisotopic (exact) mass is 487 g/mol. The first-order chi connectivity index (χ1) is 25.4. The number of furan rings is 1. The molecule has 0 fully saturated rings. The van der Waals surface area contributed by atoms with E-state index < -0.39 is 78.6 Å². The average Bonchev–Trinajstić information content (AvgIpc) is 3.53. The van der Waals surface area contributed by atoms with E-state index in [2.05, 4.69) is 0 Å². The van der Waals surface area contributed by atoms with Gasteiger partial charge in [0.05, 0.1) is 23.3 Å². The summed E-state index contributed by atoms with van der Waals surface area (Å²) in [4.78, 5) is 0. The summed E-state index contributed by atoms with van der Waals surface area (Å²) in [6.45, 7) is 0. The second-order valence-electron chi connectivity index (χ2n) is 8.40. The summed E-state index contributed by atoms with van der Waals surface area (Å²) < 4.78 is 153. The van der Waals surface area contributed by atoms with Gasteiger partial charge in [0.15, 0.2) is 0 Å². The molecule has 0 unspecified atom stereocenters. The smallest absolute Gasteiger partial charge is 0.136 e. The molecule has 0 spiro atoms. The van der Waals surface area contributed by atoms with Crippen molar-refractivity contribution in [2.75, 3.05) is 0 Å². The van der Waals surface area contributed by atoms with E-state index in [0.717, 1.165) is 0 Å². The SMILES string of the molecule is [2H]c1cc2c(-c3c([2H])c([2H])c([2H])c4c([2H])c([2H])c([2H])cc34)c3cc([2H])c([2H])cc3c(-c3c([2H])c([2H])c([2H])c4oc5c([2H])c([2H])c([2H])c([2H])c5c34)c2cc1[2H]. The summed E-state index contributed by atoms with van der Waals surface area (Å²) in [5, 5.41) is -0.159. The summed E-state index contributed by atoms with van der Waals surface area (Å²) in [7, 11) is 0. The van der Waals surface area contributed by atoms with Gasteiger partial charge in [0.2, 0.25) is 0 Å². The molecule has 0 bridgehead atoms. The van der Waals surface area contributed by atoms with Gasteiger partial charge < -0.3 is 4.42 Å². The zero-order valence-electron chi connectivity index (χ0n) is 35.8. The molecule has 0 saturated heterocycles. The van der Waals surface area contributed by atoms with Crippen molar-refractivity contribution in [3.63, 3.8) is 0 Å². The highest BCUT2D eigenvalue weighted by atomic mass is 16.3. The van der Waals surface area contributed by atoms with Crippen LogP contribution in [-0.2, 0) is 0 Å². The van der Waals surface area contributed by atoms with E-state index in [1.165, 1.54) is 30.3 Å². The van der Waals surface area contributed by atoms with Crippen LogP contribution in [0, 0.1) is 0 Å². The standard InChI is InChI=1S/C36H22O/c1-2-13-24-23(11-1)12-9-19-25(24)34-26-14-3-5-16-28(26)35(29-17-6-4-15-27(29)34)31-20-10-22-33-36(31)30-18-7-8-21-32(30)37-33/h1-22H/i1D,2D,3D,4D,5D,6D,7D,8D,9D,10D,11D,12D,18D,19D,20D,21D,22D. The molecule has 0 aliphatic rings. The van der Waals surface area contributed by atoms with Crippen LogP contribution in [0.4, 0.5) is 0 Å². The molecule has 0 aliphatic carbocycles. The lowest BCUT2D eigenvalue weighted by atomic mass is 9.84. The lowest BCUT2D eigenvalue weighted by molar-refractivity contribution is 0.669. The maximum Gasteiger partial charge on any atom is 0.136 e. The fraction of sp³-hybridized carbons (Fsp3) is 0. The Bertz CT molecular complexity index is 3000. The molecule has 1 aromatic heterocycles. The fourth-order valence-corrected chi connectivity index (χ4v) is 5.03. The summed E-state index contributed by atoms with van der Waals surface area (Å²) in [6.07, 6.45) is 0. The van der Waals surface area contributed by atoms with Gasteiger partial charge in [0.1, 0.15) is 11.2 Å². The van der Waals surface area contributed by atoms with Crippen molar-refractivity contribution in [2.24, 2.45) is 0 Å². The second kappa shape index (κ2) is 7.81.